The van der Waals surface area contributed by atoms with Gasteiger partial charge < -0.3 is 21.1 Å². The number of esters is 1. The first-order chi connectivity index (χ1) is 10.1. The predicted molar refractivity (Wildman–Crippen MR) is 85.1 cm³/mol. The van der Waals surface area contributed by atoms with Crippen molar-refractivity contribution in [2.75, 3.05) is 25.2 Å². The van der Waals surface area contributed by atoms with Gasteiger partial charge in [0.25, 0.3) is 5.91 Å². The fourth-order valence-electron chi connectivity index (χ4n) is 1.74. The third kappa shape index (κ3) is 3.17. The van der Waals surface area contributed by atoms with E-state index in [0.29, 0.717) is 16.4 Å². The van der Waals surface area contributed by atoms with Gasteiger partial charge in [-0.15, -0.1) is 22.7 Å². The molecule has 0 fully saturated rings. The number of thiophene rings is 2. The lowest BCUT2D eigenvalue weighted by Gasteiger charge is -2.05. The highest BCUT2D eigenvalue weighted by molar-refractivity contribution is 7.19. The van der Waals surface area contributed by atoms with Crippen molar-refractivity contribution < 1.29 is 14.3 Å². The van der Waals surface area contributed by atoms with Gasteiger partial charge in [0.2, 0.25) is 0 Å². The Morgan fingerprint density at radius 2 is 2.19 bits per heavy atom. The lowest BCUT2D eigenvalue weighted by atomic mass is 10.2. The van der Waals surface area contributed by atoms with Crippen LogP contribution in [0.1, 0.15) is 24.9 Å². The van der Waals surface area contributed by atoms with Crippen LogP contribution in [0, 0.1) is 0 Å². The van der Waals surface area contributed by atoms with E-state index in [1.165, 1.54) is 14.2 Å². The predicted octanol–water partition coefficient (Wildman–Crippen LogP) is 2.15. The van der Waals surface area contributed by atoms with Gasteiger partial charge in [-0.25, -0.2) is 4.79 Å². The quantitative estimate of drug-likeness (QED) is 0.732. The van der Waals surface area contributed by atoms with Crippen molar-refractivity contribution in [2.45, 2.75) is 6.54 Å². The molecule has 0 bridgehead atoms. The zero-order valence-corrected chi connectivity index (χ0v) is 13.2. The van der Waals surface area contributed by atoms with E-state index in [2.05, 4.69) is 10.6 Å². The second-order valence-corrected chi connectivity index (χ2v) is 6.11. The molecule has 0 radical (unpaired) electrons. The molecule has 6 nitrogen and oxygen atoms in total. The number of methoxy groups -OCH3 is 1. The molecule has 112 valence electrons. The number of hydrogen-bond acceptors (Lipinski definition) is 7. The van der Waals surface area contributed by atoms with E-state index in [1.807, 2.05) is 17.5 Å². The van der Waals surface area contributed by atoms with Gasteiger partial charge in [-0.3, -0.25) is 4.79 Å². The molecule has 2 rings (SSSR count). The lowest BCUT2D eigenvalue weighted by Crippen LogP contribution is -2.18. The molecule has 1 amide bonds. The van der Waals surface area contributed by atoms with Crippen LogP contribution < -0.4 is 16.4 Å². The van der Waals surface area contributed by atoms with Crippen LogP contribution in [0.25, 0.3) is 0 Å². The first-order valence-electron chi connectivity index (χ1n) is 6.07. The minimum absolute atomic E-state index is 0.139. The van der Waals surface area contributed by atoms with E-state index in [0.717, 1.165) is 16.2 Å². The van der Waals surface area contributed by atoms with Crippen LogP contribution in [0.3, 0.4) is 0 Å². The van der Waals surface area contributed by atoms with E-state index >= 15 is 0 Å². The molecule has 0 spiro atoms. The summed E-state index contributed by atoms with van der Waals surface area (Å²) >= 11 is 2.74. The molecular weight excluding hydrogens is 310 g/mol. The number of anilines is 2. The Kier molecular flexibility index (Phi) is 4.81. The molecule has 0 aliphatic heterocycles. The fourth-order valence-corrected chi connectivity index (χ4v) is 3.43. The number of nitrogens with one attached hydrogen (secondary N) is 2. The Morgan fingerprint density at radius 3 is 2.76 bits per heavy atom. The Bertz CT molecular complexity index is 650. The summed E-state index contributed by atoms with van der Waals surface area (Å²) in [7, 11) is 2.79. The van der Waals surface area contributed by atoms with E-state index in [-0.39, 0.29) is 17.2 Å². The first kappa shape index (κ1) is 15.3. The van der Waals surface area contributed by atoms with Crippen molar-refractivity contribution in [1.29, 1.82) is 0 Å². The third-order valence-corrected chi connectivity index (χ3v) is 4.81. The van der Waals surface area contributed by atoms with Gasteiger partial charge in [0.15, 0.2) is 0 Å². The smallest absolute Gasteiger partial charge is 0.343 e. The Labute approximate surface area is 129 Å². The number of carbonyl (C=O) groups is 2. The van der Waals surface area contributed by atoms with Gasteiger partial charge in [-0.2, -0.15) is 0 Å². The van der Waals surface area contributed by atoms with Gasteiger partial charge in [-0.1, -0.05) is 6.07 Å². The standard InChI is InChI=1S/C13H15N3O3S2/c1-15-11(17)10-9(14)8(13(18)19-2)12(21-10)16-6-7-4-3-5-20-7/h3-5,16H,6,14H2,1-2H3,(H,15,17). The number of rotatable bonds is 5. The van der Waals surface area contributed by atoms with Crippen molar-refractivity contribution in [2.24, 2.45) is 0 Å². The molecule has 8 heteroatoms. The third-order valence-electron chi connectivity index (χ3n) is 2.77. The summed E-state index contributed by atoms with van der Waals surface area (Å²) in [5.74, 6) is -0.889. The molecule has 21 heavy (non-hydrogen) atoms. The van der Waals surface area contributed by atoms with E-state index in [1.54, 1.807) is 11.3 Å². The summed E-state index contributed by atoms with van der Waals surface area (Å²) in [6.07, 6.45) is 0. The molecule has 0 atom stereocenters. The number of carbonyl (C=O) groups excluding carboxylic acids is 2. The van der Waals surface area contributed by atoms with Crippen LogP contribution in [0.15, 0.2) is 17.5 Å². The van der Waals surface area contributed by atoms with Crippen LogP contribution in [0.2, 0.25) is 0 Å². The molecule has 0 aliphatic rings. The molecule has 2 heterocycles. The zero-order chi connectivity index (χ0) is 15.4. The molecule has 0 aromatic carbocycles. The van der Waals surface area contributed by atoms with Crippen molar-refractivity contribution >= 4 is 45.2 Å². The maximum Gasteiger partial charge on any atom is 0.343 e. The second kappa shape index (κ2) is 6.59. The maximum absolute atomic E-state index is 11.9. The zero-order valence-electron chi connectivity index (χ0n) is 11.6. The molecule has 2 aromatic heterocycles. The Balaban J connectivity index is 2.33. The summed E-state index contributed by atoms with van der Waals surface area (Å²) in [4.78, 5) is 25.1. The van der Waals surface area contributed by atoms with Gasteiger partial charge in [0.1, 0.15) is 15.4 Å². The summed E-state index contributed by atoms with van der Waals surface area (Å²) in [6, 6.07) is 3.92. The van der Waals surface area contributed by atoms with Crippen LogP contribution >= 0.6 is 22.7 Å². The lowest BCUT2D eigenvalue weighted by molar-refractivity contribution is 0.0603. The first-order valence-corrected chi connectivity index (χ1v) is 7.77. The minimum atomic E-state index is -0.562. The molecule has 0 unspecified atom stereocenters. The molecule has 0 saturated heterocycles. The van der Waals surface area contributed by atoms with Gasteiger partial charge >= 0.3 is 5.97 Å². The molecule has 4 N–H and O–H groups in total. The normalized spacial score (nSPS) is 10.2. The number of nitrogens with two attached hydrogens (primary N) is 1. The number of hydrogen-bond donors (Lipinski definition) is 3. The monoisotopic (exact) mass is 325 g/mol. The summed E-state index contributed by atoms with van der Waals surface area (Å²) in [5.41, 5.74) is 6.26. The number of ether oxygens (including phenoxy) is 1. The highest BCUT2D eigenvalue weighted by atomic mass is 32.1. The van der Waals surface area contributed by atoms with Gasteiger partial charge in [-0.05, 0) is 11.4 Å². The van der Waals surface area contributed by atoms with E-state index in [4.69, 9.17) is 10.5 Å². The maximum atomic E-state index is 11.9. The number of nitrogen functional groups attached to an aromatic ring is 1. The molecule has 2 aromatic rings. The highest BCUT2D eigenvalue weighted by Crippen LogP contribution is 2.36. The summed E-state index contributed by atoms with van der Waals surface area (Å²) < 4.78 is 4.74. The number of amides is 1. The average Bonchev–Trinajstić information content (AvgIpc) is 3.11. The minimum Gasteiger partial charge on any atom is -0.465 e. The highest BCUT2D eigenvalue weighted by Gasteiger charge is 2.25. The average molecular weight is 325 g/mol. The van der Waals surface area contributed by atoms with Gasteiger partial charge in [0.05, 0.1) is 19.3 Å². The second-order valence-electron chi connectivity index (χ2n) is 4.05. The van der Waals surface area contributed by atoms with Crippen molar-refractivity contribution in [1.82, 2.24) is 5.32 Å². The fraction of sp³-hybridized carbons (Fsp3) is 0.231. The van der Waals surface area contributed by atoms with Crippen LogP contribution in [-0.4, -0.2) is 26.0 Å². The largest absolute Gasteiger partial charge is 0.465 e. The van der Waals surface area contributed by atoms with E-state index < -0.39 is 5.97 Å². The van der Waals surface area contributed by atoms with Gasteiger partial charge in [0, 0.05) is 11.9 Å². The van der Waals surface area contributed by atoms with Crippen LogP contribution in [-0.2, 0) is 11.3 Å². The van der Waals surface area contributed by atoms with Crippen LogP contribution in [0.4, 0.5) is 10.7 Å². The topological polar surface area (TPSA) is 93.5 Å². The molecule has 0 saturated carbocycles. The van der Waals surface area contributed by atoms with E-state index in [9.17, 15) is 9.59 Å². The van der Waals surface area contributed by atoms with Crippen molar-refractivity contribution in [3.8, 4) is 0 Å². The summed E-state index contributed by atoms with van der Waals surface area (Å²) in [6.45, 7) is 0.550. The molecule has 0 aliphatic carbocycles. The SMILES string of the molecule is CNC(=O)c1sc(NCc2cccs2)c(C(=O)OC)c1N. The Morgan fingerprint density at radius 1 is 1.43 bits per heavy atom. The van der Waals surface area contributed by atoms with Crippen molar-refractivity contribution in [3.63, 3.8) is 0 Å². The summed E-state index contributed by atoms with van der Waals surface area (Å²) in [5, 5.41) is 8.14. The Hall–Kier alpha value is -2.06. The van der Waals surface area contributed by atoms with Crippen LogP contribution in [0.5, 0.6) is 0 Å². The van der Waals surface area contributed by atoms with Crippen molar-refractivity contribution in [3.05, 3.63) is 32.8 Å². The molecular formula is C13H15N3O3S2.